The molecule has 0 rings (SSSR count). The van der Waals surface area contributed by atoms with Crippen molar-refractivity contribution >= 4 is 11.9 Å². The molecule has 0 aliphatic heterocycles. The maximum atomic E-state index is 10.0. The summed E-state index contributed by atoms with van der Waals surface area (Å²) in [5.74, 6) is -1.66. The van der Waals surface area contributed by atoms with Gasteiger partial charge in [0.2, 0.25) is 0 Å². The second-order valence-electron chi connectivity index (χ2n) is 4.95. The number of rotatable bonds is 4. The van der Waals surface area contributed by atoms with Gasteiger partial charge in [0, 0.05) is 0 Å². The number of hydrogen-bond donors (Lipinski definition) is 3. The van der Waals surface area contributed by atoms with E-state index in [2.05, 4.69) is 0 Å². The zero-order chi connectivity index (χ0) is 13.5. The van der Waals surface area contributed by atoms with Crippen LogP contribution in [0.3, 0.4) is 0 Å². The van der Waals surface area contributed by atoms with Gasteiger partial charge in [-0.05, 0) is 5.92 Å². The van der Waals surface area contributed by atoms with E-state index in [9.17, 15) is 9.59 Å². The molecular formula is C10H23N2O4+. The van der Waals surface area contributed by atoms with Crippen molar-refractivity contribution < 1.29 is 24.3 Å². The Kier molecular flexibility index (Phi) is 7.75. The van der Waals surface area contributed by atoms with Crippen molar-refractivity contribution in [2.45, 2.75) is 19.9 Å². The number of carbonyl (C=O) groups is 2. The lowest BCUT2D eigenvalue weighted by Gasteiger charge is -2.20. The molecule has 0 amide bonds. The Balaban J connectivity index is 0. The lowest BCUT2D eigenvalue weighted by atomic mass is 10.1. The van der Waals surface area contributed by atoms with Crippen molar-refractivity contribution in [3.63, 3.8) is 0 Å². The van der Waals surface area contributed by atoms with Crippen LogP contribution < -0.4 is 5.73 Å². The van der Waals surface area contributed by atoms with Gasteiger partial charge in [-0.25, -0.2) is 4.79 Å². The molecule has 0 aliphatic carbocycles. The number of hydrogen-bond acceptors (Lipinski definition) is 3. The van der Waals surface area contributed by atoms with Gasteiger partial charge in [-0.3, -0.25) is 4.79 Å². The van der Waals surface area contributed by atoms with Gasteiger partial charge in [-0.1, -0.05) is 13.8 Å². The Morgan fingerprint density at radius 1 is 1.19 bits per heavy atom. The smallest absolute Gasteiger partial charge is 0.359 e. The minimum Gasteiger partial charge on any atom is -0.480 e. The first kappa shape index (κ1) is 17.3. The molecule has 0 saturated heterocycles. The molecule has 0 aromatic rings. The molecule has 1 unspecified atom stereocenters. The van der Waals surface area contributed by atoms with Crippen molar-refractivity contribution in [3.8, 4) is 0 Å². The average molecular weight is 235 g/mol. The van der Waals surface area contributed by atoms with Crippen molar-refractivity contribution in [2.24, 2.45) is 11.7 Å². The maximum Gasteiger partial charge on any atom is 0.359 e. The van der Waals surface area contributed by atoms with Crippen LogP contribution in [-0.4, -0.2) is 60.4 Å². The normalized spacial score (nSPS) is 12.7. The topological polar surface area (TPSA) is 101 Å². The monoisotopic (exact) mass is 235 g/mol. The molecule has 0 spiro atoms. The quantitative estimate of drug-likeness (QED) is 0.587. The summed E-state index contributed by atoms with van der Waals surface area (Å²) >= 11 is 0. The Morgan fingerprint density at radius 3 is 1.56 bits per heavy atom. The third-order valence-corrected chi connectivity index (χ3v) is 1.61. The van der Waals surface area contributed by atoms with Crippen LogP contribution in [0, 0.1) is 5.92 Å². The first-order valence-corrected chi connectivity index (χ1v) is 4.98. The number of carboxylic acids is 2. The Morgan fingerprint density at radius 2 is 1.56 bits per heavy atom. The van der Waals surface area contributed by atoms with E-state index in [0.717, 1.165) is 0 Å². The Hall–Kier alpha value is -1.14. The van der Waals surface area contributed by atoms with Crippen molar-refractivity contribution in [1.29, 1.82) is 0 Å². The summed E-state index contributed by atoms with van der Waals surface area (Å²) in [5.41, 5.74) is 5.16. The lowest BCUT2D eigenvalue weighted by molar-refractivity contribution is -0.862. The molecule has 0 bridgehead atoms. The van der Waals surface area contributed by atoms with E-state index in [1.807, 2.05) is 21.1 Å². The Bertz CT molecular complexity index is 233. The van der Waals surface area contributed by atoms with Crippen LogP contribution in [0.15, 0.2) is 0 Å². The number of carboxylic acid groups (broad SMARTS) is 2. The number of aliphatic carboxylic acids is 2. The van der Waals surface area contributed by atoms with Gasteiger partial charge >= 0.3 is 11.9 Å². The molecule has 6 nitrogen and oxygen atoms in total. The van der Waals surface area contributed by atoms with Crippen molar-refractivity contribution in [1.82, 2.24) is 0 Å². The SMILES string of the molecule is CC(C)C(N)C(=O)O.C[N+](C)(C)CC(=O)O. The minimum atomic E-state index is -0.931. The summed E-state index contributed by atoms with van der Waals surface area (Å²) in [5, 5.41) is 16.5. The molecule has 0 saturated carbocycles. The van der Waals surface area contributed by atoms with Crippen molar-refractivity contribution in [2.75, 3.05) is 27.7 Å². The zero-order valence-corrected chi connectivity index (χ0v) is 10.6. The second-order valence-corrected chi connectivity index (χ2v) is 4.95. The van der Waals surface area contributed by atoms with Crippen LogP contribution in [-0.2, 0) is 9.59 Å². The fraction of sp³-hybridized carbons (Fsp3) is 0.800. The number of nitrogens with zero attached hydrogens (tertiary/aromatic N) is 1. The highest BCUT2D eigenvalue weighted by molar-refractivity contribution is 5.73. The van der Waals surface area contributed by atoms with E-state index in [-0.39, 0.29) is 12.5 Å². The molecule has 0 aromatic carbocycles. The maximum absolute atomic E-state index is 10.0. The van der Waals surface area contributed by atoms with Gasteiger partial charge in [0.05, 0.1) is 21.1 Å². The van der Waals surface area contributed by atoms with Crippen LogP contribution in [0.2, 0.25) is 0 Å². The summed E-state index contributed by atoms with van der Waals surface area (Å²) in [6.07, 6.45) is 0. The molecule has 4 N–H and O–H groups in total. The molecule has 0 heterocycles. The van der Waals surface area contributed by atoms with E-state index < -0.39 is 18.0 Å². The Labute approximate surface area is 96.3 Å². The highest BCUT2D eigenvalue weighted by Crippen LogP contribution is 1.96. The van der Waals surface area contributed by atoms with Gasteiger partial charge in [0.25, 0.3) is 0 Å². The second kappa shape index (κ2) is 7.19. The first-order valence-electron chi connectivity index (χ1n) is 4.98. The molecule has 96 valence electrons. The third-order valence-electron chi connectivity index (χ3n) is 1.61. The number of nitrogens with two attached hydrogens (primary N) is 1. The molecule has 0 radical (unpaired) electrons. The number of quaternary nitrogens is 1. The minimum absolute atomic E-state index is 0.0208. The van der Waals surface area contributed by atoms with E-state index in [4.69, 9.17) is 15.9 Å². The van der Waals surface area contributed by atoms with Gasteiger partial charge < -0.3 is 20.4 Å². The molecule has 0 fully saturated rings. The molecule has 0 aromatic heterocycles. The van der Waals surface area contributed by atoms with Crippen LogP contribution in [0.4, 0.5) is 0 Å². The fourth-order valence-electron chi connectivity index (χ4n) is 0.691. The summed E-state index contributed by atoms with van der Waals surface area (Å²) in [7, 11) is 5.52. The lowest BCUT2D eigenvalue weighted by Crippen LogP contribution is -2.39. The van der Waals surface area contributed by atoms with Gasteiger partial charge in [-0.2, -0.15) is 0 Å². The standard InChI is InChI=1S/2C5H11NO2/c1-6(2,3)4-5(7)8;1-3(2)4(6)5(7)8/h4H2,1-3H3;3-4H,6H2,1-2H3,(H,7,8)/p+1. The van der Waals surface area contributed by atoms with Crippen LogP contribution in [0.5, 0.6) is 0 Å². The molecule has 1 atom stereocenters. The van der Waals surface area contributed by atoms with Gasteiger partial charge in [-0.15, -0.1) is 0 Å². The summed E-state index contributed by atoms with van der Waals surface area (Å²) in [4.78, 5) is 20.0. The highest BCUT2D eigenvalue weighted by Gasteiger charge is 2.14. The van der Waals surface area contributed by atoms with E-state index in [1.165, 1.54) is 0 Å². The summed E-state index contributed by atoms with van der Waals surface area (Å²) < 4.78 is 0.481. The molecule has 16 heavy (non-hydrogen) atoms. The molecular weight excluding hydrogens is 212 g/mol. The average Bonchev–Trinajstić information content (AvgIpc) is 1.98. The summed E-state index contributed by atoms with van der Waals surface area (Å²) in [6.45, 7) is 3.73. The predicted molar refractivity (Wildman–Crippen MR) is 61.0 cm³/mol. The zero-order valence-electron chi connectivity index (χ0n) is 10.6. The third kappa shape index (κ3) is 12.9. The van der Waals surface area contributed by atoms with Crippen LogP contribution in [0.25, 0.3) is 0 Å². The largest absolute Gasteiger partial charge is 0.480 e. The predicted octanol–water partition coefficient (Wildman–Crippen LogP) is -0.168. The fourth-order valence-corrected chi connectivity index (χ4v) is 0.691. The van der Waals surface area contributed by atoms with E-state index in [0.29, 0.717) is 4.48 Å². The molecule has 0 aliphatic rings. The van der Waals surface area contributed by atoms with E-state index >= 15 is 0 Å². The van der Waals surface area contributed by atoms with Gasteiger partial charge in [0.15, 0.2) is 6.54 Å². The first-order chi connectivity index (χ1) is 6.97. The van der Waals surface area contributed by atoms with E-state index in [1.54, 1.807) is 13.8 Å². The van der Waals surface area contributed by atoms with Crippen LogP contribution >= 0.6 is 0 Å². The van der Waals surface area contributed by atoms with Crippen molar-refractivity contribution in [3.05, 3.63) is 0 Å². The highest BCUT2D eigenvalue weighted by atomic mass is 16.4. The number of likely N-dealkylation sites (N-methyl/N-ethyl adjacent to an activating group) is 1. The molecule has 6 heteroatoms. The van der Waals surface area contributed by atoms with Gasteiger partial charge in [0.1, 0.15) is 6.04 Å². The van der Waals surface area contributed by atoms with Crippen LogP contribution in [0.1, 0.15) is 13.8 Å². The summed E-state index contributed by atoms with van der Waals surface area (Å²) in [6, 6.07) is -0.713.